The highest BCUT2D eigenvalue weighted by Crippen LogP contribution is 2.65. The monoisotopic (exact) mass is 930 g/mol. The number of hydrogen-bond donors (Lipinski definition) is 0. The largest absolute Gasteiger partial charge is 0.456 e. The molecule has 2 atom stereocenters. The Labute approximate surface area is 420 Å². The van der Waals surface area contributed by atoms with E-state index in [0.717, 1.165) is 24.0 Å². The molecule has 0 N–H and O–H groups in total. The normalized spacial score (nSPS) is 19.8. The van der Waals surface area contributed by atoms with Crippen LogP contribution in [-0.2, 0) is 27.1 Å². The molecule has 5 heteroatoms. The standard InChI is InChI=1S/C66H68BN3O/c1-61(2,3)37-21-24-41(25-22-37)68-50-26-23-38(62(4,5)6)29-43(50)44-34-52-45(35-51(44)68)47-31-39(63(7,8)9)32-49-59(47)69(52)53-33-40(64(10,11)12)30-46-48-36-55-56(42-19-15-16-20-54(42)71-55)57-60(48)70(67(49)58(46)53)66(14)28-18-17-27-65(57,66)13/h15-16,19-26,29-36H,17-18,27-28H2,1-14H3. The molecule has 4 aliphatic rings. The highest BCUT2D eigenvalue weighted by Gasteiger charge is 2.63. The van der Waals surface area contributed by atoms with Crippen molar-refractivity contribution in [2.75, 3.05) is 4.81 Å². The van der Waals surface area contributed by atoms with E-state index >= 15 is 0 Å². The third-order valence-electron chi connectivity index (χ3n) is 18.6. The van der Waals surface area contributed by atoms with E-state index < -0.39 is 0 Å². The molecular weight excluding hydrogens is 862 g/mol. The van der Waals surface area contributed by atoms with Crippen LogP contribution in [0.1, 0.15) is 150 Å². The summed E-state index contributed by atoms with van der Waals surface area (Å²) in [5.74, 6) is 0. The van der Waals surface area contributed by atoms with Gasteiger partial charge < -0.3 is 18.4 Å². The molecule has 0 spiro atoms. The van der Waals surface area contributed by atoms with E-state index in [1.54, 1.807) is 0 Å². The first-order valence-electron chi connectivity index (χ1n) is 26.7. The van der Waals surface area contributed by atoms with E-state index in [2.05, 4.69) is 220 Å². The predicted molar refractivity (Wildman–Crippen MR) is 304 cm³/mol. The van der Waals surface area contributed by atoms with Crippen LogP contribution < -0.4 is 15.7 Å². The fourth-order valence-corrected chi connectivity index (χ4v) is 14.4. The first-order valence-corrected chi connectivity index (χ1v) is 26.7. The van der Waals surface area contributed by atoms with E-state index in [4.69, 9.17) is 4.42 Å². The lowest BCUT2D eigenvalue weighted by molar-refractivity contribution is 0.200. The van der Waals surface area contributed by atoms with Crippen molar-refractivity contribution in [2.45, 2.75) is 155 Å². The number of hydrogen-bond acceptors (Lipinski definition) is 2. The summed E-state index contributed by atoms with van der Waals surface area (Å²) in [7, 11) is 0. The van der Waals surface area contributed by atoms with Gasteiger partial charge in [0.05, 0.1) is 22.1 Å². The van der Waals surface area contributed by atoms with Crippen LogP contribution >= 0.6 is 0 Å². The van der Waals surface area contributed by atoms with Crippen molar-refractivity contribution in [1.82, 2.24) is 9.13 Å². The smallest absolute Gasteiger partial charge is 0.328 e. The Kier molecular flexibility index (Phi) is 8.25. The van der Waals surface area contributed by atoms with E-state index in [-0.39, 0.29) is 39.5 Å². The van der Waals surface area contributed by atoms with Crippen LogP contribution in [0.15, 0.2) is 114 Å². The van der Waals surface area contributed by atoms with Crippen molar-refractivity contribution >= 4 is 89.0 Å². The van der Waals surface area contributed by atoms with E-state index in [9.17, 15) is 0 Å². The summed E-state index contributed by atoms with van der Waals surface area (Å²) >= 11 is 0. The van der Waals surface area contributed by atoms with Crippen LogP contribution in [0, 0.1) is 0 Å². The highest BCUT2D eigenvalue weighted by molar-refractivity contribution is 6.93. The van der Waals surface area contributed by atoms with E-state index in [0.29, 0.717) is 0 Å². The van der Waals surface area contributed by atoms with E-state index in [1.165, 1.54) is 134 Å². The lowest BCUT2D eigenvalue weighted by atomic mass is 9.42. The number of anilines is 1. The molecule has 0 saturated heterocycles. The number of fused-ring (bicyclic) bond motifs is 17. The van der Waals surface area contributed by atoms with Gasteiger partial charge in [-0.3, -0.25) is 0 Å². The molecule has 6 heterocycles. The van der Waals surface area contributed by atoms with Gasteiger partial charge in [0.25, 0.3) is 0 Å². The van der Waals surface area contributed by atoms with Gasteiger partial charge in [0, 0.05) is 65.9 Å². The summed E-state index contributed by atoms with van der Waals surface area (Å²) in [6.45, 7) is 33.7. The van der Waals surface area contributed by atoms with Crippen molar-refractivity contribution in [3.63, 3.8) is 0 Å². The molecule has 2 unspecified atom stereocenters. The molecule has 356 valence electrons. The van der Waals surface area contributed by atoms with Crippen molar-refractivity contribution in [1.29, 1.82) is 0 Å². The molecule has 1 fully saturated rings. The average Bonchev–Trinajstić information content (AvgIpc) is 4.00. The first-order chi connectivity index (χ1) is 33.5. The minimum Gasteiger partial charge on any atom is -0.456 e. The van der Waals surface area contributed by atoms with Gasteiger partial charge in [0.15, 0.2) is 0 Å². The first kappa shape index (κ1) is 43.6. The Bertz CT molecular complexity index is 4020. The molecule has 3 aromatic heterocycles. The minimum atomic E-state index is -0.131. The van der Waals surface area contributed by atoms with Gasteiger partial charge in [-0.1, -0.05) is 151 Å². The zero-order chi connectivity index (χ0) is 49.4. The summed E-state index contributed by atoms with van der Waals surface area (Å²) in [5.41, 5.74) is 23.4. The van der Waals surface area contributed by atoms with Crippen molar-refractivity contribution < 1.29 is 4.42 Å². The van der Waals surface area contributed by atoms with Gasteiger partial charge in [-0.15, -0.1) is 0 Å². The van der Waals surface area contributed by atoms with Crippen LogP contribution in [-0.4, -0.2) is 21.5 Å². The Hall–Kier alpha value is -6.20. The zero-order valence-electron chi connectivity index (χ0n) is 44.5. The number of furan rings is 1. The van der Waals surface area contributed by atoms with Crippen LogP contribution in [0.5, 0.6) is 0 Å². The molecule has 7 aromatic carbocycles. The maximum absolute atomic E-state index is 6.98. The fraction of sp³-hybridized carbons (Fsp3) is 0.364. The quantitative estimate of drug-likeness (QED) is 0.153. The Morgan fingerprint density at radius 3 is 1.82 bits per heavy atom. The van der Waals surface area contributed by atoms with Gasteiger partial charge >= 0.3 is 6.85 Å². The maximum atomic E-state index is 6.98. The molecule has 14 rings (SSSR count). The Balaban J connectivity index is 1.17. The third kappa shape index (κ3) is 5.54. The molecule has 0 amide bonds. The number of rotatable bonds is 1. The lowest BCUT2D eigenvalue weighted by Gasteiger charge is -2.54. The van der Waals surface area contributed by atoms with E-state index in [1.807, 2.05) is 0 Å². The molecule has 0 radical (unpaired) electrons. The summed E-state index contributed by atoms with van der Waals surface area (Å²) < 4.78 is 12.3. The highest BCUT2D eigenvalue weighted by atomic mass is 16.3. The Morgan fingerprint density at radius 1 is 0.507 bits per heavy atom. The van der Waals surface area contributed by atoms with Gasteiger partial charge in [-0.05, 0) is 146 Å². The van der Waals surface area contributed by atoms with Crippen LogP contribution in [0.2, 0.25) is 0 Å². The number of aromatic nitrogens is 2. The summed E-state index contributed by atoms with van der Waals surface area (Å²) in [4.78, 5) is 3.01. The lowest BCUT2D eigenvalue weighted by Crippen LogP contribution is -2.70. The van der Waals surface area contributed by atoms with Gasteiger partial charge in [-0.2, -0.15) is 0 Å². The van der Waals surface area contributed by atoms with Crippen molar-refractivity contribution in [3.05, 3.63) is 137 Å². The Morgan fingerprint density at radius 2 is 1.11 bits per heavy atom. The number of nitrogens with zero attached hydrogens (tertiary/aromatic N) is 3. The molecule has 0 bridgehead atoms. The van der Waals surface area contributed by atoms with Crippen molar-refractivity contribution in [2.24, 2.45) is 0 Å². The second kappa shape index (κ2) is 13.4. The van der Waals surface area contributed by atoms with Crippen LogP contribution in [0.3, 0.4) is 0 Å². The van der Waals surface area contributed by atoms with Crippen molar-refractivity contribution in [3.8, 4) is 22.5 Å². The minimum absolute atomic E-state index is 0.00125. The second-order valence-electron chi connectivity index (χ2n) is 27.0. The third-order valence-corrected chi connectivity index (χ3v) is 18.6. The van der Waals surface area contributed by atoms with Crippen LogP contribution in [0.4, 0.5) is 5.69 Å². The summed E-state index contributed by atoms with van der Waals surface area (Å²) in [6, 6.07) is 43.4. The number of para-hydroxylation sites is 1. The van der Waals surface area contributed by atoms with Crippen LogP contribution in [0.25, 0.3) is 88.1 Å². The predicted octanol–water partition coefficient (Wildman–Crippen LogP) is 16.5. The average molecular weight is 930 g/mol. The molecule has 10 aromatic rings. The molecule has 1 aliphatic carbocycles. The summed E-state index contributed by atoms with van der Waals surface area (Å²) in [6.07, 6.45) is 4.77. The molecule has 3 aliphatic heterocycles. The van der Waals surface area contributed by atoms with Gasteiger partial charge in [0.2, 0.25) is 0 Å². The molecular formula is C66H68BN3O. The number of benzene rings is 7. The zero-order valence-corrected chi connectivity index (χ0v) is 44.5. The molecule has 1 saturated carbocycles. The molecule has 4 nitrogen and oxygen atoms in total. The fourth-order valence-electron chi connectivity index (χ4n) is 14.4. The SMILES string of the molecule is CC(C)(C)c1ccc(-n2c3ccc(C(C)(C)C)cc3c3cc4c(cc32)c2cc(C(C)(C)C)cc3c2n4-c2cc(C(C)(C)C)cc4c2B3N2c3c-4cc4oc5ccccc5c4c3C3(C)CCCCC23C)cc1. The van der Waals surface area contributed by atoms with Gasteiger partial charge in [0.1, 0.15) is 11.2 Å². The second-order valence-corrected chi connectivity index (χ2v) is 27.0. The molecule has 71 heavy (non-hydrogen) atoms. The van der Waals surface area contributed by atoms with Gasteiger partial charge in [-0.25, -0.2) is 0 Å². The topological polar surface area (TPSA) is 26.2 Å². The summed E-state index contributed by atoms with van der Waals surface area (Å²) in [5, 5.41) is 7.85. The maximum Gasteiger partial charge on any atom is 0.328 e.